The van der Waals surface area contributed by atoms with Gasteiger partial charge < -0.3 is 4.90 Å². The molecule has 0 aliphatic carbocycles. The van der Waals surface area contributed by atoms with Crippen LogP contribution in [0.15, 0.2) is 6.20 Å². The molecule has 1 atom stereocenters. The van der Waals surface area contributed by atoms with E-state index in [9.17, 15) is 4.79 Å². The molecule has 1 unspecified atom stereocenters. The Morgan fingerprint density at radius 3 is 2.95 bits per heavy atom. The molecule has 2 rings (SSSR count). The third-order valence-corrected chi connectivity index (χ3v) is 4.42. The smallest absolute Gasteiger partial charge is 0.274 e. The number of hydrogen-bond donors (Lipinski definition) is 0. The largest absolute Gasteiger partial charge is 0.335 e. The minimum Gasteiger partial charge on any atom is -0.335 e. The van der Waals surface area contributed by atoms with E-state index in [-0.39, 0.29) is 11.8 Å². The molecule has 0 radical (unpaired) electrons. The summed E-state index contributed by atoms with van der Waals surface area (Å²) in [6, 6.07) is 0. The van der Waals surface area contributed by atoms with Crippen LogP contribution in [0.3, 0.4) is 0 Å². The molecule has 0 aromatic carbocycles. The molecule has 0 spiro atoms. The van der Waals surface area contributed by atoms with Gasteiger partial charge in [-0.3, -0.25) is 4.79 Å². The van der Waals surface area contributed by atoms with Crippen molar-refractivity contribution in [1.82, 2.24) is 14.9 Å². The summed E-state index contributed by atoms with van der Waals surface area (Å²) in [6.07, 6.45) is 1.53. The topological polar surface area (TPSA) is 46.1 Å². The molecule has 6 heteroatoms. The molecule has 0 bridgehead atoms. The van der Waals surface area contributed by atoms with Crippen LogP contribution >= 0.6 is 23.4 Å². The molecule has 4 nitrogen and oxygen atoms in total. The minimum absolute atomic E-state index is 0.0820. The molecule has 0 N–H and O–H groups in total. The summed E-state index contributed by atoms with van der Waals surface area (Å²) in [6.45, 7) is 7.63. The first kappa shape index (κ1) is 14.6. The van der Waals surface area contributed by atoms with Gasteiger partial charge in [-0.05, 0) is 0 Å². The van der Waals surface area contributed by atoms with Crippen LogP contribution in [0.5, 0.6) is 0 Å². The molecule has 0 saturated carbocycles. The maximum absolute atomic E-state index is 12.5. The molecule has 1 saturated heterocycles. The van der Waals surface area contributed by atoms with Gasteiger partial charge in [-0.15, -0.1) is 0 Å². The summed E-state index contributed by atoms with van der Waals surface area (Å²) in [5, 5.41) is 0.795. The lowest BCUT2D eigenvalue weighted by Crippen LogP contribution is -2.41. The number of amides is 1. The molecule has 2 heterocycles. The van der Waals surface area contributed by atoms with Crippen molar-refractivity contribution >= 4 is 29.3 Å². The van der Waals surface area contributed by atoms with Crippen LogP contribution in [0.1, 0.15) is 43.0 Å². The summed E-state index contributed by atoms with van der Waals surface area (Å²) >= 11 is 7.96. The SMILES string of the molecule is CC1CN(C(=O)c2nc(C(C)C)ncc2Cl)CCS1. The molecule has 1 aromatic rings. The molecular formula is C13H18ClN3OS. The van der Waals surface area contributed by atoms with E-state index < -0.39 is 0 Å². The fourth-order valence-electron chi connectivity index (χ4n) is 1.96. The Balaban J connectivity index is 2.24. The van der Waals surface area contributed by atoms with Crippen LogP contribution < -0.4 is 0 Å². The highest BCUT2D eigenvalue weighted by Gasteiger charge is 2.25. The molecular weight excluding hydrogens is 282 g/mol. The van der Waals surface area contributed by atoms with Gasteiger partial charge in [0.1, 0.15) is 5.82 Å². The third kappa shape index (κ3) is 3.39. The molecule has 104 valence electrons. The van der Waals surface area contributed by atoms with E-state index in [1.54, 1.807) is 0 Å². The van der Waals surface area contributed by atoms with Gasteiger partial charge in [0.05, 0.1) is 11.2 Å². The monoisotopic (exact) mass is 299 g/mol. The van der Waals surface area contributed by atoms with Crippen LogP contribution in [0, 0.1) is 0 Å². The number of carbonyl (C=O) groups is 1. The van der Waals surface area contributed by atoms with Crippen molar-refractivity contribution in [2.45, 2.75) is 31.9 Å². The molecule has 1 fully saturated rings. The Morgan fingerprint density at radius 1 is 1.58 bits per heavy atom. The van der Waals surface area contributed by atoms with E-state index in [4.69, 9.17) is 11.6 Å². The third-order valence-electron chi connectivity index (χ3n) is 3.01. The second-order valence-electron chi connectivity index (χ2n) is 5.01. The first-order valence-corrected chi connectivity index (χ1v) is 7.85. The number of halogens is 1. The second-order valence-corrected chi connectivity index (χ2v) is 6.97. The highest BCUT2D eigenvalue weighted by atomic mass is 35.5. The van der Waals surface area contributed by atoms with Gasteiger partial charge in [0, 0.05) is 30.0 Å². The highest BCUT2D eigenvalue weighted by molar-refractivity contribution is 7.99. The molecule has 19 heavy (non-hydrogen) atoms. The summed E-state index contributed by atoms with van der Waals surface area (Å²) < 4.78 is 0. The van der Waals surface area contributed by atoms with E-state index in [0.717, 1.165) is 18.8 Å². The van der Waals surface area contributed by atoms with Crippen molar-refractivity contribution in [2.75, 3.05) is 18.8 Å². The second kappa shape index (κ2) is 6.09. The predicted octanol–water partition coefficient (Wildman–Crippen LogP) is 2.83. The van der Waals surface area contributed by atoms with Gasteiger partial charge >= 0.3 is 0 Å². The normalized spacial score (nSPS) is 19.8. The van der Waals surface area contributed by atoms with E-state index in [1.807, 2.05) is 30.5 Å². The Morgan fingerprint density at radius 2 is 2.32 bits per heavy atom. The van der Waals surface area contributed by atoms with Gasteiger partial charge in [-0.25, -0.2) is 9.97 Å². The van der Waals surface area contributed by atoms with Gasteiger partial charge in [-0.2, -0.15) is 11.8 Å². The highest BCUT2D eigenvalue weighted by Crippen LogP contribution is 2.22. The van der Waals surface area contributed by atoms with E-state index in [0.29, 0.717) is 21.8 Å². The Labute approximate surface area is 122 Å². The van der Waals surface area contributed by atoms with Crippen molar-refractivity contribution < 1.29 is 4.79 Å². The van der Waals surface area contributed by atoms with Gasteiger partial charge in [0.25, 0.3) is 5.91 Å². The zero-order valence-electron chi connectivity index (χ0n) is 11.4. The predicted molar refractivity (Wildman–Crippen MR) is 79.0 cm³/mol. The summed E-state index contributed by atoms with van der Waals surface area (Å²) in [4.78, 5) is 22.8. The fraction of sp³-hybridized carbons (Fsp3) is 0.615. The summed E-state index contributed by atoms with van der Waals surface area (Å²) in [5.74, 6) is 1.72. The summed E-state index contributed by atoms with van der Waals surface area (Å²) in [7, 11) is 0. The maximum Gasteiger partial charge on any atom is 0.274 e. The maximum atomic E-state index is 12.5. The van der Waals surface area contributed by atoms with Crippen LogP contribution in [0.4, 0.5) is 0 Å². The Bertz CT molecular complexity index is 481. The van der Waals surface area contributed by atoms with E-state index >= 15 is 0 Å². The van der Waals surface area contributed by atoms with Crippen molar-refractivity contribution in [3.8, 4) is 0 Å². The lowest BCUT2D eigenvalue weighted by atomic mass is 10.2. The average molecular weight is 300 g/mol. The average Bonchev–Trinajstić information content (AvgIpc) is 2.38. The standard InChI is InChI=1S/C13H18ClN3OS/c1-8(2)12-15-6-10(14)11(16-12)13(18)17-4-5-19-9(3)7-17/h6,8-9H,4-5,7H2,1-3H3. The van der Waals surface area contributed by atoms with Crippen molar-refractivity contribution in [1.29, 1.82) is 0 Å². The van der Waals surface area contributed by atoms with E-state index in [2.05, 4.69) is 16.9 Å². The van der Waals surface area contributed by atoms with Gasteiger partial charge in [0.15, 0.2) is 5.69 Å². The summed E-state index contributed by atoms with van der Waals surface area (Å²) in [5.41, 5.74) is 0.333. The van der Waals surface area contributed by atoms with Crippen LogP contribution in [0.2, 0.25) is 5.02 Å². The Kier molecular flexibility index (Phi) is 4.68. The van der Waals surface area contributed by atoms with Gasteiger partial charge in [-0.1, -0.05) is 32.4 Å². The number of nitrogens with zero attached hydrogens (tertiary/aromatic N) is 3. The molecule has 1 amide bonds. The molecule has 1 aliphatic rings. The van der Waals surface area contributed by atoms with Crippen LogP contribution in [0.25, 0.3) is 0 Å². The number of carbonyl (C=O) groups excluding carboxylic acids is 1. The Hall–Kier alpha value is -0.810. The zero-order chi connectivity index (χ0) is 14.0. The quantitative estimate of drug-likeness (QED) is 0.842. The fourth-order valence-corrected chi connectivity index (χ4v) is 3.15. The number of hydrogen-bond acceptors (Lipinski definition) is 4. The van der Waals surface area contributed by atoms with Crippen molar-refractivity contribution in [2.24, 2.45) is 0 Å². The first-order valence-electron chi connectivity index (χ1n) is 6.42. The van der Waals surface area contributed by atoms with Crippen LogP contribution in [-0.4, -0.2) is 44.9 Å². The molecule has 1 aliphatic heterocycles. The van der Waals surface area contributed by atoms with Gasteiger partial charge in [0.2, 0.25) is 0 Å². The van der Waals surface area contributed by atoms with Crippen LogP contribution in [-0.2, 0) is 0 Å². The number of thioether (sulfide) groups is 1. The molecule has 1 aromatic heterocycles. The zero-order valence-corrected chi connectivity index (χ0v) is 13.0. The van der Waals surface area contributed by atoms with Crippen molar-refractivity contribution in [3.05, 3.63) is 22.7 Å². The lowest BCUT2D eigenvalue weighted by molar-refractivity contribution is 0.0757. The number of aromatic nitrogens is 2. The lowest BCUT2D eigenvalue weighted by Gasteiger charge is -2.30. The van der Waals surface area contributed by atoms with Crippen molar-refractivity contribution in [3.63, 3.8) is 0 Å². The first-order chi connectivity index (χ1) is 8.99. The minimum atomic E-state index is -0.0820. The number of rotatable bonds is 2. The van der Waals surface area contributed by atoms with E-state index in [1.165, 1.54) is 6.20 Å².